The topological polar surface area (TPSA) is 52.9 Å². The summed E-state index contributed by atoms with van der Waals surface area (Å²) in [5.41, 5.74) is 2.35. The monoisotopic (exact) mass is 381 g/mol. The maximum absolute atomic E-state index is 10.4. The number of rotatable bonds is 6. The molecule has 4 heteroatoms. The van der Waals surface area contributed by atoms with Gasteiger partial charge in [0.2, 0.25) is 0 Å². The summed E-state index contributed by atoms with van der Waals surface area (Å²) in [7, 11) is 0. The SMILES string of the molecule is Oc1ccccc1C1CCC(OCC2C(O)CCN2Cc2ccccc2)CC1. The molecule has 1 saturated heterocycles. The fraction of sp³-hybridized carbons (Fsp3) is 0.500. The van der Waals surface area contributed by atoms with Crippen LogP contribution < -0.4 is 0 Å². The number of aliphatic hydroxyl groups is 1. The zero-order valence-corrected chi connectivity index (χ0v) is 16.4. The molecule has 2 N–H and O–H groups in total. The second-order valence-corrected chi connectivity index (χ2v) is 8.25. The Bertz CT molecular complexity index is 743. The molecule has 4 nitrogen and oxygen atoms in total. The van der Waals surface area contributed by atoms with Crippen molar-refractivity contribution in [2.75, 3.05) is 13.2 Å². The molecule has 4 rings (SSSR count). The Hall–Kier alpha value is -1.88. The van der Waals surface area contributed by atoms with Crippen molar-refractivity contribution in [3.05, 3.63) is 65.7 Å². The van der Waals surface area contributed by atoms with Crippen LogP contribution in [0.3, 0.4) is 0 Å². The van der Waals surface area contributed by atoms with Gasteiger partial charge < -0.3 is 14.9 Å². The second-order valence-electron chi connectivity index (χ2n) is 8.25. The quantitative estimate of drug-likeness (QED) is 0.792. The third kappa shape index (κ3) is 4.57. The second kappa shape index (κ2) is 9.08. The summed E-state index contributed by atoms with van der Waals surface area (Å²) in [4.78, 5) is 2.35. The summed E-state index contributed by atoms with van der Waals surface area (Å²) in [5.74, 6) is 0.838. The Balaban J connectivity index is 1.27. The van der Waals surface area contributed by atoms with Crippen LogP contribution in [0.4, 0.5) is 0 Å². The number of hydrogen-bond donors (Lipinski definition) is 2. The number of phenolic OH excluding ortho intramolecular Hbond substituents is 1. The molecule has 0 amide bonds. The summed E-state index contributed by atoms with van der Waals surface area (Å²) in [5, 5.41) is 20.5. The molecular weight excluding hydrogens is 350 g/mol. The fourth-order valence-electron chi connectivity index (χ4n) is 4.74. The van der Waals surface area contributed by atoms with Gasteiger partial charge in [-0.05, 0) is 55.2 Å². The summed E-state index contributed by atoms with van der Waals surface area (Å²) < 4.78 is 6.26. The van der Waals surface area contributed by atoms with Gasteiger partial charge in [-0.15, -0.1) is 0 Å². The minimum absolute atomic E-state index is 0.0797. The summed E-state index contributed by atoms with van der Waals surface area (Å²) in [6, 6.07) is 18.2. The molecule has 0 aromatic heterocycles. The zero-order chi connectivity index (χ0) is 19.3. The van der Waals surface area contributed by atoms with E-state index in [1.807, 2.05) is 24.3 Å². The molecule has 0 spiro atoms. The van der Waals surface area contributed by atoms with Crippen molar-refractivity contribution >= 4 is 0 Å². The van der Waals surface area contributed by atoms with Crippen molar-refractivity contribution in [1.82, 2.24) is 4.90 Å². The number of phenols is 1. The molecule has 2 unspecified atom stereocenters. The molecular formula is C24H31NO3. The van der Waals surface area contributed by atoms with Gasteiger partial charge in [-0.25, -0.2) is 0 Å². The highest BCUT2D eigenvalue weighted by Gasteiger charge is 2.34. The maximum atomic E-state index is 10.4. The van der Waals surface area contributed by atoms with E-state index in [2.05, 4.69) is 29.2 Å². The number of likely N-dealkylation sites (tertiary alicyclic amines) is 1. The van der Waals surface area contributed by atoms with E-state index in [0.717, 1.165) is 50.8 Å². The van der Waals surface area contributed by atoms with Crippen molar-refractivity contribution in [2.24, 2.45) is 0 Å². The van der Waals surface area contributed by atoms with Gasteiger partial charge >= 0.3 is 0 Å². The molecule has 0 bridgehead atoms. The minimum atomic E-state index is -0.304. The van der Waals surface area contributed by atoms with Crippen molar-refractivity contribution in [3.8, 4) is 5.75 Å². The molecule has 28 heavy (non-hydrogen) atoms. The summed E-state index contributed by atoms with van der Waals surface area (Å²) >= 11 is 0. The zero-order valence-electron chi connectivity index (χ0n) is 16.4. The van der Waals surface area contributed by atoms with E-state index in [1.165, 1.54) is 5.56 Å². The number of nitrogens with zero attached hydrogens (tertiary/aromatic N) is 1. The molecule has 1 aliphatic carbocycles. The van der Waals surface area contributed by atoms with Crippen LogP contribution in [0.5, 0.6) is 5.75 Å². The van der Waals surface area contributed by atoms with Gasteiger partial charge in [-0.3, -0.25) is 4.90 Å². The van der Waals surface area contributed by atoms with Gasteiger partial charge in [0.05, 0.1) is 24.9 Å². The van der Waals surface area contributed by atoms with Gasteiger partial charge in [0.15, 0.2) is 0 Å². The van der Waals surface area contributed by atoms with E-state index in [4.69, 9.17) is 4.74 Å². The number of aromatic hydroxyl groups is 1. The van der Waals surface area contributed by atoms with Crippen LogP contribution in [0, 0.1) is 0 Å². The first-order chi connectivity index (χ1) is 13.7. The number of para-hydroxylation sites is 1. The Labute approximate surface area is 167 Å². The van der Waals surface area contributed by atoms with Crippen LogP contribution in [-0.4, -0.2) is 46.5 Å². The van der Waals surface area contributed by atoms with Crippen molar-refractivity contribution in [1.29, 1.82) is 0 Å². The van der Waals surface area contributed by atoms with E-state index >= 15 is 0 Å². The molecule has 2 aromatic carbocycles. The smallest absolute Gasteiger partial charge is 0.119 e. The molecule has 1 saturated carbocycles. The number of hydrogen-bond acceptors (Lipinski definition) is 4. The van der Waals surface area contributed by atoms with Gasteiger partial charge in [0.1, 0.15) is 5.75 Å². The van der Waals surface area contributed by atoms with Crippen LogP contribution in [-0.2, 0) is 11.3 Å². The van der Waals surface area contributed by atoms with E-state index < -0.39 is 0 Å². The molecule has 1 aliphatic heterocycles. The Morgan fingerprint density at radius 3 is 2.36 bits per heavy atom. The fourth-order valence-corrected chi connectivity index (χ4v) is 4.74. The number of benzene rings is 2. The molecule has 2 aliphatic rings. The van der Waals surface area contributed by atoms with Crippen LogP contribution in [0.25, 0.3) is 0 Å². The standard InChI is InChI=1S/C24H31NO3/c26-23-9-5-4-8-21(23)19-10-12-20(13-11-19)28-17-22-24(27)14-15-25(22)16-18-6-2-1-3-7-18/h1-9,19-20,22,24,26-27H,10-17H2. The van der Waals surface area contributed by atoms with Crippen LogP contribution >= 0.6 is 0 Å². The number of aliphatic hydroxyl groups excluding tert-OH is 1. The van der Waals surface area contributed by atoms with Gasteiger partial charge in [0, 0.05) is 13.1 Å². The average Bonchev–Trinajstić information content (AvgIpc) is 3.07. The highest BCUT2D eigenvalue weighted by atomic mass is 16.5. The largest absolute Gasteiger partial charge is 0.508 e. The van der Waals surface area contributed by atoms with Crippen molar-refractivity contribution in [2.45, 2.75) is 62.8 Å². The normalized spacial score (nSPS) is 28.5. The summed E-state index contributed by atoms with van der Waals surface area (Å²) in [6.07, 6.45) is 4.89. The predicted molar refractivity (Wildman–Crippen MR) is 110 cm³/mol. The van der Waals surface area contributed by atoms with E-state index in [9.17, 15) is 10.2 Å². The van der Waals surface area contributed by atoms with Gasteiger partial charge in [-0.2, -0.15) is 0 Å². The third-order valence-corrected chi connectivity index (χ3v) is 6.41. The minimum Gasteiger partial charge on any atom is -0.508 e. The lowest BCUT2D eigenvalue weighted by atomic mass is 9.82. The van der Waals surface area contributed by atoms with Gasteiger partial charge in [-0.1, -0.05) is 48.5 Å². The Kier molecular flexibility index (Phi) is 6.30. The van der Waals surface area contributed by atoms with E-state index in [0.29, 0.717) is 18.3 Å². The Morgan fingerprint density at radius 2 is 1.61 bits per heavy atom. The van der Waals surface area contributed by atoms with Crippen molar-refractivity contribution < 1.29 is 14.9 Å². The first-order valence-corrected chi connectivity index (χ1v) is 10.6. The van der Waals surface area contributed by atoms with E-state index in [-0.39, 0.29) is 18.2 Å². The maximum Gasteiger partial charge on any atom is 0.119 e. The third-order valence-electron chi connectivity index (χ3n) is 6.41. The average molecular weight is 382 g/mol. The van der Waals surface area contributed by atoms with Gasteiger partial charge in [0.25, 0.3) is 0 Å². The Morgan fingerprint density at radius 1 is 0.893 bits per heavy atom. The summed E-state index contributed by atoms with van der Waals surface area (Å²) in [6.45, 7) is 2.38. The molecule has 0 radical (unpaired) electrons. The van der Waals surface area contributed by atoms with Crippen molar-refractivity contribution in [3.63, 3.8) is 0 Å². The van der Waals surface area contributed by atoms with Crippen LogP contribution in [0.15, 0.2) is 54.6 Å². The molecule has 150 valence electrons. The highest BCUT2D eigenvalue weighted by Crippen LogP contribution is 2.38. The van der Waals surface area contributed by atoms with Crippen LogP contribution in [0.2, 0.25) is 0 Å². The van der Waals surface area contributed by atoms with Crippen LogP contribution in [0.1, 0.15) is 49.1 Å². The first-order valence-electron chi connectivity index (χ1n) is 10.6. The lowest BCUT2D eigenvalue weighted by Crippen LogP contribution is -2.40. The lowest BCUT2D eigenvalue weighted by Gasteiger charge is -2.32. The molecule has 2 atom stereocenters. The molecule has 1 heterocycles. The predicted octanol–water partition coefficient (Wildman–Crippen LogP) is 4.07. The molecule has 2 fully saturated rings. The molecule has 2 aromatic rings. The van der Waals surface area contributed by atoms with E-state index in [1.54, 1.807) is 6.07 Å². The number of ether oxygens (including phenoxy) is 1. The highest BCUT2D eigenvalue weighted by molar-refractivity contribution is 5.35. The lowest BCUT2D eigenvalue weighted by molar-refractivity contribution is -0.0261. The first kappa shape index (κ1) is 19.4.